The molecule has 2 amide bonds. The van der Waals surface area contributed by atoms with Crippen LogP contribution in [0.5, 0.6) is 0 Å². The predicted molar refractivity (Wildman–Crippen MR) is 99.0 cm³/mol. The summed E-state index contributed by atoms with van der Waals surface area (Å²) in [4.78, 5) is 14.9. The van der Waals surface area contributed by atoms with E-state index in [9.17, 15) is 4.79 Å². The smallest absolute Gasteiger partial charge is 0.321 e. The van der Waals surface area contributed by atoms with E-state index in [4.69, 9.17) is 4.74 Å². The van der Waals surface area contributed by atoms with Crippen molar-refractivity contribution in [1.82, 2.24) is 5.32 Å². The molecule has 2 fully saturated rings. The molecule has 2 heterocycles. The topological polar surface area (TPSA) is 41.6 Å². The highest BCUT2D eigenvalue weighted by molar-refractivity contribution is 8.00. The number of nitrogens with one attached hydrogen (secondary N) is 1. The quantitative estimate of drug-likeness (QED) is 0.906. The first kappa shape index (κ1) is 16.3. The van der Waals surface area contributed by atoms with Crippen molar-refractivity contribution in [3.8, 4) is 0 Å². The van der Waals surface area contributed by atoms with Crippen molar-refractivity contribution < 1.29 is 9.53 Å². The summed E-state index contributed by atoms with van der Waals surface area (Å²) in [5.74, 6) is 1.07. The Morgan fingerprint density at radius 2 is 2.00 bits per heavy atom. The summed E-state index contributed by atoms with van der Waals surface area (Å²) >= 11 is 1.97. The molecule has 1 saturated heterocycles. The van der Waals surface area contributed by atoms with Crippen molar-refractivity contribution in [2.24, 2.45) is 0 Å². The number of hydrogen-bond donors (Lipinski definition) is 1. The number of fused-ring (bicyclic) bond motifs is 2. The summed E-state index contributed by atoms with van der Waals surface area (Å²) in [6, 6.07) is 8.48. The van der Waals surface area contributed by atoms with E-state index in [-0.39, 0.29) is 16.2 Å². The van der Waals surface area contributed by atoms with Gasteiger partial charge in [0.05, 0.1) is 0 Å². The van der Waals surface area contributed by atoms with Crippen LogP contribution in [0.15, 0.2) is 24.3 Å². The third-order valence-corrected chi connectivity index (χ3v) is 7.20. The fourth-order valence-electron chi connectivity index (χ4n) is 4.14. The Balaban J connectivity index is 1.45. The molecule has 0 unspecified atom stereocenters. The van der Waals surface area contributed by atoms with Crippen LogP contribution in [0.3, 0.4) is 0 Å². The maximum atomic E-state index is 12.9. The molecule has 2 aliphatic heterocycles. The van der Waals surface area contributed by atoms with Gasteiger partial charge in [0.1, 0.15) is 0 Å². The Morgan fingerprint density at radius 3 is 2.71 bits per heavy atom. The van der Waals surface area contributed by atoms with Gasteiger partial charge in [-0.3, -0.25) is 4.90 Å². The van der Waals surface area contributed by atoms with Gasteiger partial charge in [-0.25, -0.2) is 4.79 Å². The molecule has 0 bridgehead atoms. The number of rotatable bonds is 4. The van der Waals surface area contributed by atoms with Crippen molar-refractivity contribution >= 4 is 23.5 Å². The maximum Gasteiger partial charge on any atom is 0.321 e. The van der Waals surface area contributed by atoms with E-state index in [0.717, 1.165) is 50.6 Å². The SMILES string of the molecule is CCSC1(CNC(=O)N2CC3(CC3)c3ccccc32)CCOCC1. The van der Waals surface area contributed by atoms with E-state index in [2.05, 4.69) is 30.4 Å². The Bertz CT molecular complexity index is 618. The molecule has 1 aromatic carbocycles. The van der Waals surface area contributed by atoms with Crippen LogP contribution in [0.4, 0.5) is 10.5 Å². The molecule has 4 rings (SSSR count). The number of hydrogen-bond acceptors (Lipinski definition) is 3. The van der Waals surface area contributed by atoms with Gasteiger partial charge in [-0.1, -0.05) is 25.1 Å². The Kier molecular flexibility index (Phi) is 4.25. The van der Waals surface area contributed by atoms with E-state index in [0.29, 0.717) is 0 Å². The molecule has 5 heteroatoms. The van der Waals surface area contributed by atoms with Crippen LogP contribution in [0.2, 0.25) is 0 Å². The number of anilines is 1. The molecule has 4 nitrogen and oxygen atoms in total. The molecule has 0 aromatic heterocycles. The van der Waals surface area contributed by atoms with Crippen molar-refractivity contribution in [3.05, 3.63) is 29.8 Å². The van der Waals surface area contributed by atoms with Crippen LogP contribution in [0.25, 0.3) is 0 Å². The number of benzene rings is 1. The zero-order valence-electron chi connectivity index (χ0n) is 14.3. The maximum absolute atomic E-state index is 12.9. The van der Waals surface area contributed by atoms with Gasteiger partial charge < -0.3 is 10.1 Å². The van der Waals surface area contributed by atoms with Gasteiger partial charge in [0.15, 0.2) is 0 Å². The Labute approximate surface area is 148 Å². The second kappa shape index (κ2) is 6.26. The standard InChI is InChI=1S/C19H26N2O2S/c1-2-24-19(9-11-23-12-10-19)13-20-17(22)21-14-18(7-8-18)15-5-3-4-6-16(15)21/h3-6H,2,7-14H2,1H3,(H,20,22). The minimum atomic E-state index is 0.0637. The summed E-state index contributed by atoms with van der Waals surface area (Å²) in [5, 5.41) is 3.24. The fourth-order valence-corrected chi connectivity index (χ4v) is 5.39. The summed E-state index contributed by atoms with van der Waals surface area (Å²) in [6.07, 6.45) is 4.46. The molecule has 1 aromatic rings. The van der Waals surface area contributed by atoms with E-state index in [1.807, 2.05) is 22.7 Å². The van der Waals surface area contributed by atoms with Crippen LogP contribution in [0.1, 0.15) is 38.2 Å². The van der Waals surface area contributed by atoms with Gasteiger partial charge in [0, 0.05) is 42.2 Å². The molecule has 1 aliphatic carbocycles. The van der Waals surface area contributed by atoms with Crippen molar-refractivity contribution in [1.29, 1.82) is 0 Å². The van der Waals surface area contributed by atoms with Gasteiger partial charge in [0.25, 0.3) is 0 Å². The van der Waals surface area contributed by atoms with Crippen LogP contribution in [0, 0.1) is 0 Å². The lowest BCUT2D eigenvalue weighted by Gasteiger charge is -2.37. The normalized spacial score (nSPS) is 23.1. The molecule has 1 spiro atoms. The van der Waals surface area contributed by atoms with E-state index >= 15 is 0 Å². The number of para-hydroxylation sites is 1. The average molecular weight is 346 g/mol. The van der Waals surface area contributed by atoms with Crippen LogP contribution in [-0.2, 0) is 10.2 Å². The summed E-state index contributed by atoms with van der Waals surface area (Å²) < 4.78 is 5.66. The highest BCUT2D eigenvalue weighted by Gasteiger charge is 2.52. The largest absolute Gasteiger partial charge is 0.381 e. The number of ether oxygens (including phenoxy) is 1. The first-order valence-corrected chi connectivity index (χ1v) is 10.0. The third kappa shape index (κ3) is 2.82. The van der Waals surface area contributed by atoms with Crippen molar-refractivity contribution in [3.63, 3.8) is 0 Å². The molecule has 130 valence electrons. The second-order valence-corrected chi connectivity index (χ2v) is 9.00. The number of carbonyl (C=O) groups excluding carboxylic acids is 1. The number of thioether (sulfide) groups is 1. The van der Waals surface area contributed by atoms with Crippen LogP contribution >= 0.6 is 11.8 Å². The molecule has 1 N–H and O–H groups in total. The highest BCUT2D eigenvalue weighted by atomic mass is 32.2. The number of amides is 2. The van der Waals surface area contributed by atoms with E-state index in [1.54, 1.807) is 0 Å². The van der Waals surface area contributed by atoms with Gasteiger partial charge in [-0.15, -0.1) is 0 Å². The van der Waals surface area contributed by atoms with Gasteiger partial charge in [-0.05, 0) is 43.1 Å². The lowest BCUT2D eigenvalue weighted by Crippen LogP contribution is -2.48. The zero-order valence-corrected chi connectivity index (χ0v) is 15.2. The van der Waals surface area contributed by atoms with Gasteiger partial charge >= 0.3 is 6.03 Å². The monoisotopic (exact) mass is 346 g/mol. The molecule has 0 atom stereocenters. The number of urea groups is 1. The first-order valence-electron chi connectivity index (χ1n) is 9.05. The number of nitrogens with zero attached hydrogens (tertiary/aromatic N) is 1. The predicted octanol–water partition coefficient (Wildman–Crippen LogP) is 3.55. The Morgan fingerprint density at radius 1 is 1.25 bits per heavy atom. The van der Waals surface area contributed by atoms with Crippen LogP contribution < -0.4 is 10.2 Å². The lowest BCUT2D eigenvalue weighted by molar-refractivity contribution is 0.0777. The minimum absolute atomic E-state index is 0.0637. The molecule has 1 saturated carbocycles. The average Bonchev–Trinajstić information content (AvgIpc) is 3.32. The lowest BCUT2D eigenvalue weighted by atomic mass is 9.99. The summed E-state index contributed by atoms with van der Waals surface area (Å²) in [7, 11) is 0. The van der Waals surface area contributed by atoms with Crippen molar-refractivity contribution in [2.45, 2.75) is 42.8 Å². The first-order chi connectivity index (χ1) is 11.7. The molecular weight excluding hydrogens is 320 g/mol. The molecule has 3 aliphatic rings. The molecule has 0 radical (unpaired) electrons. The third-order valence-electron chi connectivity index (χ3n) is 5.74. The fraction of sp³-hybridized carbons (Fsp3) is 0.632. The second-order valence-electron chi connectivity index (χ2n) is 7.27. The van der Waals surface area contributed by atoms with E-state index in [1.165, 1.54) is 18.4 Å². The summed E-state index contributed by atoms with van der Waals surface area (Å²) in [6.45, 7) is 5.38. The summed E-state index contributed by atoms with van der Waals surface area (Å²) in [5.41, 5.74) is 2.73. The van der Waals surface area contributed by atoms with E-state index < -0.39 is 0 Å². The van der Waals surface area contributed by atoms with Crippen molar-refractivity contribution in [2.75, 3.05) is 37.0 Å². The molecule has 24 heavy (non-hydrogen) atoms. The number of carbonyl (C=O) groups is 1. The highest BCUT2D eigenvalue weighted by Crippen LogP contribution is 2.56. The Hall–Kier alpha value is -1.20. The molecular formula is C19H26N2O2S. The minimum Gasteiger partial charge on any atom is -0.381 e. The zero-order chi connectivity index (χ0) is 16.6. The van der Waals surface area contributed by atoms with Crippen LogP contribution in [-0.4, -0.2) is 42.8 Å². The van der Waals surface area contributed by atoms with Gasteiger partial charge in [-0.2, -0.15) is 11.8 Å². The van der Waals surface area contributed by atoms with Gasteiger partial charge in [0.2, 0.25) is 0 Å².